The van der Waals surface area contributed by atoms with Gasteiger partial charge in [0.2, 0.25) is 9.84 Å². The largest absolute Gasteiger partial charge is 0.497 e. The summed E-state index contributed by atoms with van der Waals surface area (Å²) >= 11 is 0. The highest BCUT2D eigenvalue weighted by molar-refractivity contribution is 7.92. The Hall–Kier alpha value is -1.23. The molecule has 0 amide bonds. The van der Waals surface area contributed by atoms with Crippen LogP contribution >= 0.6 is 0 Å². The third-order valence-corrected chi connectivity index (χ3v) is 7.06. The minimum Gasteiger partial charge on any atom is -0.497 e. The summed E-state index contributed by atoms with van der Waals surface area (Å²) in [6.45, 7) is 7.42. The van der Waals surface area contributed by atoms with E-state index in [4.69, 9.17) is 28.4 Å². The van der Waals surface area contributed by atoms with Gasteiger partial charge in [0.1, 0.15) is 30.2 Å². The molecule has 0 radical (unpaired) electrons. The van der Waals surface area contributed by atoms with E-state index in [1.54, 1.807) is 39.8 Å². The van der Waals surface area contributed by atoms with E-state index >= 15 is 0 Å². The maximum Gasteiger partial charge on any atom is 0.207 e. The minimum absolute atomic E-state index is 0.134. The summed E-state index contributed by atoms with van der Waals surface area (Å²) in [7, 11) is -2.31. The third kappa shape index (κ3) is 3.44. The molecule has 8 nitrogen and oxygen atoms in total. The Kier molecular flexibility index (Phi) is 4.76. The second-order valence-electron chi connectivity index (χ2n) is 8.12. The molecule has 0 aliphatic carbocycles. The Morgan fingerprint density at radius 1 is 0.929 bits per heavy atom. The van der Waals surface area contributed by atoms with Crippen LogP contribution in [0.15, 0.2) is 29.2 Å². The van der Waals surface area contributed by atoms with Gasteiger partial charge in [-0.3, -0.25) is 0 Å². The van der Waals surface area contributed by atoms with E-state index in [0.717, 1.165) is 0 Å². The number of benzene rings is 1. The van der Waals surface area contributed by atoms with Gasteiger partial charge in [0.25, 0.3) is 0 Å². The molecule has 5 atom stereocenters. The normalized spacial score (nSPS) is 36.4. The fourth-order valence-electron chi connectivity index (χ4n) is 3.92. The van der Waals surface area contributed by atoms with Crippen LogP contribution in [0.25, 0.3) is 0 Å². The number of fused-ring (bicyclic) bond motifs is 1. The molecule has 0 aromatic heterocycles. The van der Waals surface area contributed by atoms with Crippen LogP contribution in [0.5, 0.6) is 5.75 Å². The van der Waals surface area contributed by atoms with E-state index < -0.39 is 51.3 Å². The van der Waals surface area contributed by atoms with E-state index in [9.17, 15) is 8.42 Å². The van der Waals surface area contributed by atoms with Gasteiger partial charge < -0.3 is 28.4 Å². The number of sulfone groups is 1. The monoisotopic (exact) mass is 414 g/mol. The summed E-state index contributed by atoms with van der Waals surface area (Å²) in [4.78, 5) is 0.134. The Morgan fingerprint density at radius 3 is 2.14 bits per heavy atom. The molecule has 0 spiro atoms. The molecule has 3 aliphatic rings. The van der Waals surface area contributed by atoms with Gasteiger partial charge in [0.05, 0.1) is 18.6 Å². The molecule has 3 aliphatic heterocycles. The van der Waals surface area contributed by atoms with Gasteiger partial charge in [-0.2, -0.15) is 0 Å². The molecule has 1 aromatic carbocycles. The number of hydrogen-bond acceptors (Lipinski definition) is 8. The number of methoxy groups -OCH3 is 1. The van der Waals surface area contributed by atoms with Gasteiger partial charge >= 0.3 is 0 Å². The van der Waals surface area contributed by atoms with E-state index in [0.29, 0.717) is 12.4 Å². The van der Waals surface area contributed by atoms with Crippen LogP contribution in [0.3, 0.4) is 0 Å². The van der Waals surface area contributed by atoms with Crippen molar-refractivity contribution in [1.29, 1.82) is 0 Å². The highest BCUT2D eigenvalue weighted by Crippen LogP contribution is 2.44. The van der Waals surface area contributed by atoms with Crippen molar-refractivity contribution in [1.82, 2.24) is 0 Å². The molecule has 0 N–H and O–H groups in total. The van der Waals surface area contributed by atoms with Crippen LogP contribution in [0.2, 0.25) is 0 Å². The van der Waals surface area contributed by atoms with Gasteiger partial charge in [-0.1, -0.05) is 0 Å². The average molecular weight is 414 g/mol. The Morgan fingerprint density at radius 2 is 1.57 bits per heavy atom. The lowest BCUT2D eigenvalue weighted by Gasteiger charge is -2.27. The molecule has 1 unspecified atom stereocenters. The fourth-order valence-corrected chi connectivity index (χ4v) is 5.54. The van der Waals surface area contributed by atoms with Crippen LogP contribution in [0, 0.1) is 0 Å². The highest BCUT2D eigenvalue weighted by Gasteiger charge is 2.62. The molecule has 156 valence electrons. The molecular weight excluding hydrogens is 388 g/mol. The molecule has 4 rings (SSSR count). The van der Waals surface area contributed by atoms with Gasteiger partial charge in [-0.25, -0.2) is 8.42 Å². The zero-order valence-electron chi connectivity index (χ0n) is 16.6. The summed E-state index contributed by atoms with van der Waals surface area (Å²) in [6, 6.07) is 6.20. The second kappa shape index (κ2) is 6.65. The Labute approximate surface area is 164 Å². The van der Waals surface area contributed by atoms with E-state index in [-0.39, 0.29) is 4.90 Å². The molecule has 9 heteroatoms. The lowest BCUT2D eigenvalue weighted by molar-refractivity contribution is -0.198. The first kappa shape index (κ1) is 20.1. The van der Waals surface area contributed by atoms with Crippen LogP contribution in [-0.2, 0) is 33.5 Å². The quantitative estimate of drug-likeness (QED) is 0.738. The zero-order chi connectivity index (χ0) is 20.3. The second-order valence-corrected chi connectivity index (χ2v) is 10.1. The number of hydrogen-bond donors (Lipinski definition) is 0. The molecule has 1 aromatic rings. The number of rotatable bonds is 4. The van der Waals surface area contributed by atoms with Gasteiger partial charge in [0.15, 0.2) is 17.0 Å². The van der Waals surface area contributed by atoms with Crippen molar-refractivity contribution >= 4 is 9.84 Å². The first-order valence-electron chi connectivity index (χ1n) is 9.23. The van der Waals surface area contributed by atoms with Crippen molar-refractivity contribution in [3.63, 3.8) is 0 Å². The highest BCUT2D eigenvalue weighted by atomic mass is 32.2. The summed E-state index contributed by atoms with van der Waals surface area (Å²) in [5.41, 5.74) is -1.20. The predicted octanol–water partition coefficient (Wildman–Crippen LogP) is 1.87. The fraction of sp³-hybridized carbons (Fsp3) is 0.684. The topological polar surface area (TPSA) is 89.5 Å². The summed E-state index contributed by atoms with van der Waals surface area (Å²) in [5, 5.41) is 0. The first-order valence-corrected chi connectivity index (χ1v) is 10.8. The number of ether oxygens (including phenoxy) is 6. The molecule has 0 saturated carbocycles. The summed E-state index contributed by atoms with van der Waals surface area (Å²) in [6.07, 6.45) is -2.41. The first-order chi connectivity index (χ1) is 13.0. The lowest BCUT2D eigenvalue weighted by Crippen LogP contribution is -2.40. The van der Waals surface area contributed by atoms with Crippen LogP contribution in [0.4, 0.5) is 0 Å². The maximum atomic E-state index is 13.3. The van der Waals surface area contributed by atoms with Crippen LogP contribution < -0.4 is 4.74 Å². The van der Waals surface area contributed by atoms with Gasteiger partial charge in [-0.05, 0) is 52.0 Å². The molecule has 3 fully saturated rings. The van der Waals surface area contributed by atoms with Crippen LogP contribution in [0.1, 0.15) is 27.7 Å². The smallest absolute Gasteiger partial charge is 0.207 e. The van der Waals surface area contributed by atoms with Crippen molar-refractivity contribution in [3.05, 3.63) is 24.3 Å². The molecule has 3 heterocycles. The minimum atomic E-state index is -3.84. The third-order valence-electron chi connectivity index (χ3n) is 5.14. The molecule has 3 saturated heterocycles. The lowest BCUT2D eigenvalue weighted by atomic mass is 10.1. The van der Waals surface area contributed by atoms with E-state index in [2.05, 4.69) is 0 Å². The van der Waals surface area contributed by atoms with E-state index in [1.807, 2.05) is 0 Å². The van der Waals surface area contributed by atoms with Crippen molar-refractivity contribution in [2.45, 2.75) is 74.0 Å². The van der Waals surface area contributed by atoms with Crippen molar-refractivity contribution < 1.29 is 36.8 Å². The Bertz CT molecular complexity index is 832. The van der Waals surface area contributed by atoms with Crippen molar-refractivity contribution in [3.8, 4) is 5.75 Å². The summed E-state index contributed by atoms with van der Waals surface area (Å²) in [5.74, 6) is -1.10. The molecular formula is C19H26O8S. The standard InChI is InChI=1S/C19H26O8S/c1-18(2)23-10-13(25-18)14-15-16(27-19(3,4)26-15)17(24-14)28(20,21)12-8-6-11(22-5)7-9-12/h6-9,13-17H,10H2,1-5H3/t13-,14-,15+,16+,17?/m1/s1. The van der Waals surface area contributed by atoms with Gasteiger partial charge in [-0.15, -0.1) is 0 Å². The van der Waals surface area contributed by atoms with Gasteiger partial charge in [0, 0.05) is 0 Å². The van der Waals surface area contributed by atoms with Crippen LogP contribution in [-0.4, -0.2) is 63.6 Å². The van der Waals surface area contributed by atoms with Crippen molar-refractivity contribution in [2.24, 2.45) is 0 Å². The maximum absolute atomic E-state index is 13.3. The summed E-state index contributed by atoms with van der Waals surface area (Å²) < 4.78 is 61.2. The predicted molar refractivity (Wildman–Crippen MR) is 97.6 cm³/mol. The SMILES string of the molecule is COc1ccc(S(=O)(=O)C2O[C@H]([C@H]3COC(C)(C)O3)[C@@H]3OC(C)(C)O[C@H]23)cc1. The Balaban J connectivity index is 1.64. The zero-order valence-corrected chi connectivity index (χ0v) is 17.4. The van der Waals surface area contributed by atoms with Crippen molar-refractivity contribution in [2.75, 3.05) is 13.7 Å². The molecule has 0 bridgehead atoms. The molecule has 28 heavy (non-hydrogen) atoms. The van der Waals surface area contributed by atoms with E-state index in [1.165, 1.54) is 19.2 Å². The average Bonchev–Trinajstić information content (AvgIpc) is 3.24.